The lowest BCUT2D eigenvalue weighted by atomic mass is 9.87. The van der Waals surface area contributed by atoms with Gasteiger partial charge in [-0.1, -0.05) is 19.3 Å². The van der Waals surface area contributed by atoms with Crippen LogP contribution in [0.3, 0.4) is 0 Å². The SMILES string of the molecule is Cc1ccncc1C1CCCCCC1N. The highest BCUT2D eigenvalue weighted by molar-refractivity contribution is 5.27. The van der Waals surface area contributed by atoms with Crippen LogP contribution in [0.2, 0.25) is 0 Å². The van der Waals surface area contributed by atoms with Gasteiger partial charge in [-0.05, 0) is 37.0 Å². The molecule has 1 aliphatic rings. The minimum Gasteiger partial charge on any atom is -0.327 e. The molecule has 1 aliphatic carbocycles. The Hall–Kier alpha value is -0.890. The Morgan fingerprint density at radius 3 is 2.87 bits per heavy atom. The van der Waals surface area contributed by atoms with Gasteiger partial charge in [0.1, 0.15) is 0 Å². The number of aromatic nitrogens is 1. The van der Waals surface area contributed by atoms with Crippen molar-refractivity contribution in [3.8, 4) is 0 Å². The molecule has 1 aromatic heterocycles. The lowest BCUT2D eigenvalue weighted by Crippen LogP contribution is -2.27. The first-order valence-electron chi connectivity index (χ1n) is 5.95. The predicted molar refractivity (Wildman–Crippen MR) is 62.8 cm³/mol. The highest BCUT2D eigenvalue weighted by Gasteiger charge is 2.23. The zero-order chi connectivity index (χ0) is 10.7. The first-order valence-corrected chi connectivity index (χ1v) is 5.95. The summed E-state index contributed by atoms with van der Waals surface area (Å²) in [7, 11) is 0. The van der Waals surface area contributed by atoms with Crippen molar-refractivity contribution >= 4 is 0 Å². The molecule has 2 N–H and O–H groups in total. The summed E-state index contributed by atoms with van der Waals surface area (Å²) in [6, 6.07) is 2.42. The Morgan fingerprint density at radius 1 is 1.27 bits per heavy atom. The second-order valence-corrected chi connectivity index (χ2v) is 4.64. The molecule has 2 nitrogen and oxygen atoms in total. The van der Waals surface area contributed by atoms with Gasteiger partial charge in [0.25, 0.3) is 0 Å². The van der Waals surface area contributed by atoms with Crippen LogP contribution in [-0.4, -0.2) is 11.0 Å². The Bertz CT molecular complexity index is 322. The Kier molecular flexibility index (Phi) is 3.37. The standard InChI is InChI=1S/C13H20N2/c1-10-7-8-15-9-12(10)11-5-3-2-4-6-13(11)14/h7-9,11,13H,2-6,14H2,1H3. The maximum Gasteiger partial charge on any atom is 0.0305 e. The molecule has 2 rings (SSSR count). The van der Waals surface area contributed by atoms with Gasteiger partial charge >= 0.3 is 0 Å². The molecule has 15 heavy (non-hydrogen) atoms. The number of nitrogens with zero attached hydrogens (tertiary/aromatic N) is 1. The molecule has 1 aromatic rings. The summed E-state index contributed by atoms with van der Waals surface area (Å²) in [6.07, 6.45) is 10.2. The molecule has 2 heteroatoms. The van der Waals surface area contributed by atoms with Crippen molar-refractivity contribution in [1.29, 1.82) is 0 Å². The molecule has 0 saturated heterocycles. The molecule has 2 atom stereocenters. The molecule has 82 valence electrons. The topological polar surface area (TPSA) is 38.9 Å². The Balaban J connectivity index is 2.24. The van der Waals surface area contributed by atoms with Crippen LogP contribution in [0.4, 0.5) is 0 Å². The van der Waals surface area contributed by atoms with Crippen LogP contribution in [0.25, 0.3) is 0 Å². The van der Waals surface area contributed by atoms with Gasteiger partial charge in [-0.25, -0.2) is 0 Å². The fourth-order valence-electron chi connectivity index (χ4n) is 2.59. The molecule has 0 aliphatic heterocycles. The minimum absolute atomic E-state index is 0.329. The summed E-state index contributed by atoms with van der Waals surface area (Å²) in [6.45, 7) is 2.16. The Labute approximate surface area is 91.9 Å². The van der Waals surface area contributed by atoms with E-state index in [4.69, 9.17) is 5.73 Å². The summed E-state index contributed by atoms with van der Waals surface area (Å²) in [5.41, 5.74) is 8.96. The normalized spacial score (nSPS) is 27.3. The summed E-state index contributed by atoms with van der Waals surface area (Å²) >= 11 is 0. The monoisotopic (exact) mass is 204 g/mol. The summed E-state index contributed by atoms with van der Waals surface area (Å²) < 4.78 is 0. The maximum absolute atomic E-state index is 6.25. The van der Waals surface area contributed by atoms with Crippen LogP contribution in [0.1, 0.15) is 49.1 Å². The third-order valence-electron chi connectivity index (χ3n) is 3.55. The van der Waals surface area contributed by atoms with Crippen LogP contribution in [0.15, 0.2) is 18.5 Å². The largest absolute Gasteiger partial charge is 0.327 e. The second-order valence-electron chi connectivity index (χ2n) is 4.64. The number of rotatable bonds is 1. The van der Waals surface area contributed by atoms with Gasteiger partial charge in [0, 0.05) is 24.4 Å². The van der Waals surface area contributed by atoms with Gasteiger partial charge in [-0.2, -0.15) is 0 Å². The van der Waals surface area contributed by atoms with E-state index in [2.05, 4.69) is 18.0 Å². The zero-order valence-electron chi connectivity index (χ0n) is 9.45. The fraction of sp³-hybridized carbons (Fsp3) is 0.615. The summed E-state index contributed by atoms with van der Waals surface area (Å²) in [5, 5.41) is 0. The van der Waals surface area contributed by atoms with Gasteiger partial charge in [0.05, 0.1) is 0 Å². The minimum atomic E-state index is 0.329. The lowest BCUT2D eigenvalue weighted by molar-refractivity contribution is 0.502. The average molecular weight is 204 g/mol. The lowest BCUT2D eigenvalue weighted by Gasteiger charge is -2.22. The van der Waals surface area contributed by atoms with Crippen molar-refractivity contribution in [2.75, 3.05) is 0 Å². The van der Waals surface area contributed by atoms with Crippen molar-refractivity contribution < 1.29 is 0 Å². The third-order valence-corrected chi connectivity index (χ3v) is 3.55. The molecular weight excluding hydrogens is 184 g/mol. The van der Waals surface area contributed by atoms with Gasteiger partial charge in [-0.15, -0.1) is 0 Å². The molecule has 1 heterocycles. The number of nitrogens with two attached hydrogens (primary N) is 1. The first-order chi connectivity index (χ1) is 7.29. The molecule has 0 aromatic carbocycles. The highest BCUT2D eigenvalue weighted by Crippen LogP contribution is 2.31. The molecule has 2 unspecified atom stereocenters. The smallest absolute Gasteiger partial charge is 0.0305 e. The molecule has 0 bridgehead atoms. The zero-order valence-corrected chi connectivity index (χ0v) is 9.45. The van der Waals surface area contributed by atoms with Crippen LogP contribution >= 0.6 is 0 Å². The molecule has 1 saturated carbocycles. The quantitative estimate of drug-likeness (QED) is 0.714. The Morgan fingerprint density at radius 2 is 2.07 bits per heavy atom. The highest BCUT2D eigenvalue weighted by atomic mass is 14.7. The van der Waals surface area contributed by atoms with E-state index in [1.807, 2.05) is 12.4 Å². The van der Waals surface area contributed by atoms with E-state index in [0.717, 1.165) is 0 Å². The predicted octanol–water partition coefficient (Wildman–Crippen LogP) is 2.77. The molecule has 0 amide bonds. The molecular formula is C13H20N2. The van der Waals surface area contributed by atoms with Crippen molar-refractivity contribution in [3.05, 3.63) is 29.6 Å². The van der Waals surface area contributed by atoms with Gasteiger partial charge in [0.15, 0.2) is 0 Å². The van der Waals surface area contributed by atoms with Crippen molar-refractivity contribution in [2.24, 2.45) is 5.73 Å². The summed E-state index contributed by atoms with van der Waals surface area (Å²) in [4.78, 5) is 4.23. The maximum atomic E-state index is 6.25. The number of aryl methyl sites for hydroxylation is 1. The van der Waals surface area contributed by atoms with Crippen LogP contribution in [0, 0.1) is 6.92 Å². The van der Waals surface area contributed by atoms with E-state index in [9.17, 15) is 0 Å². The van der Waals surface area contributed by atoms with E-state index >= 15 is 0 Å². The average Bonchev–Trinajstić information content (AvgIpc) is 2.44. The summed E-state index contributed by atoms with van der Waals surface area (Å²) in [5.74, 6) is 0.529. The van der Waals surface area contributed by atoms with Crippen LogP contribution < -0.4 is 5.73 Å². The van der Waals surface area contributed by atoms with E-state index < -0.39 is 0 Å². The molecule has 0 radical (unpaired) electrons. The van der Waals surface area contributed by atoms with Crippen LogP contribution in [-0.2, 0) is 0 Å². The van der Waals surface area contributed by atoms with E-state index in [1.165, 1.54) is 43.2 Å². The number of hydrogen-bond acceptors (Lipinski definition) is 2. The van der Waals surface area contributed by atoms with Crippen molar-refractivity contribution in [1.82, 2.24) is 4.98 Å². The van der Waals surface area contributed by atoms with E-state index in [1.54, 1.807) is 0 Å². The number of hydrogen-bond donors (Lipinski definition) is 1. The first kappa shape index (κ1) is 10.6. The molecule has 1 fully saturated rings. The van der Waals surface area contributed by atoms with E-state index in [0.29, 0.717) is 12.0 Å². The van der Waals surface area contributed by atoms with Crippen molar-refractivity contribution in [3.63, 3.8) is 0 Å². The number of pyridine rings is 1. The second kappa shape index (κ2) is 4.75. The van der Waals surface area contributed by atoms with Crippen LogP contribution in [0.5, 0.6) is 0 Å². The third kappa shape index (κ3) is 2.37. The van der Waals surface area contributed by atoms with Gasteiger partial charge in [-0.3, -0.25) is 4.98 Å². The van der Waals surface area contributed by atoms with Crippen molar-refractivity contribution in [2.45, 2.75) is 51.0 Å². The molecule has 0 spiro atoms. The van der Waals surface area contributed by atoms with E-state index in [-0.39, 0.29) is 0 Å². The van der Waals surface area contributed by atoms with Gasteiger partial charge < -0.3 is 5.73 Å². The fourth-order valence-corrected chi connectivity index (χ4v) is 2.59. The van der Waals surface area contributed by atoms with Gasteiger partial charge in [0.2, 0.25) is 0 Å².